The second-order valence-corrected chi connectivity index (χ2v) is 4.62. The molecule has 3 N–H and O–H groups in total. The van der Waals surface area contributed by atoms with E-state index in [0.29, 0.717) is 6.42 Å². The molecule has 0 atom stereocenters. The first kappa shape index (κ1) is 15.0. The number of benzene rings is 1. The summed E-state index contributed by atoms with van der Waals surface area (Å²) in [6, 6.07) is 6.81. The van der Waals surface area contributed by atoms with E-state index in [9.17, 15) is 9.59 Å². The number of hydrogen-bond donors (Lipinski definition) is 3. The lowest BCUT2D eigenvalue weighted by atomic mass is 9.94. The third-order valence-corrected chi connectivity index (χ3v) is 2.94. The van der Waals surface area contributed by atoms with Crippen molar-refractivity contribution in [3.63, 3.8) is 0 Å². The summed E-state index contributed by atoms with van der Waals surface area (Å²) >= 11 is 0. The van der Waals surface area contributed by atoms with E-state index in [2.05, 4.69) is 0 Å². The van der Waals surface area contributed by atoms with E-state index in [4.69, 9.17) is 15.3 Å². The van der Waals surface area contributed by atoms with Crippen molar-refractivity contribution in [2.45, 2.75) is 32.1 Å². The van der Waals surface area contributed by atoms with Crippen molar-refractivity contribution >= 4 is 11.9 Å². The standard InChI is InChI=1S/C14H18O5/c15-12-6-4-10(5-7-12)2-1-3-11(8-13(16)17)9-14(18)19/h4-7,11,15H,1-3,8-9H2,(H,16,17)(H,18,19). The second-order valence-electron chi connectivity index (χ2n) is 4.62. The summed E-state index contributed by atoms with van der Waals surface area (Å²) in [5, 5.41) is 26.6. The predicted molar refractivity (Wildman–Crippen MR) is 69.0 cm³/mol. The number of carboxylic acids is 2. The maximum atomic E-state index is 10.6. The zero-order valence-electron chi connectivity index (χ0n) is 10.6. The van der Waals surface area contributed by atoms with E-state index in [-0.39, 0.29) is 24.5 Å². The van der Waals surface area contributed by atoms with Crippen LogP contribution >= 0.6 is 0 Å². The molecule has 5 heteroatoms. The van der Waals surface area contributed by atoms with Crippen LogP contribution in [0.3, 0.4) is 0 Å². The highest BCUT2D eigenvalue weighted by molar-refractivity contribution is 5.70. The maximum Gasteiger partial charge on any atom is 0.303 e. The van der Waals surface area contributed by atoms with Crippen LogP contribution in [-0.4, -0.2) is 27.3 Å². The molecule has 104 valence electrons. The van der Waals surface area contributed by atoms with Gasteiger partial charge in [-0.1, -0.05) is 12.1 Å². The fraction of sp³-hybridized carbons (Fsp3) is 0.429. The van der Waals surface area contributed by atoms with E-state index < -0.39 is 11.9 Å². The fourth-order valence-corrected chi connectivity index (χ4v) is 2.03. The molecule has 0 aliphatic carbocycles. The lowest BCUT2D eigenvalue weighted by Gasteiger charge is -2.12. The molecule has 1 aromatic rings. The number of carbonyl (C=O) groups is 2. The molecule has 1 rings (SSSR count). The Morgan fingerprint density at radius 3 is 2.00 bits per heavy atom. The number of aromatic hydroxyl groups is 1. The first-order valence-electron chi connectivity index (χ1n) is 6.19. The Balaban J connectivity index is 2.40. The zero-order chi connectivity index (χ0) is 14.3. The van der Waals surface area contributed by atoms with Crippen LogP contribution in [0.5, 0.6) is 5.75 Å². The highest BCUT2D eigenvalue weighted by Gasteiger charge is 2.16. The van der Waals surface area contributed by atoms with Crippen LogP contribution in [0.15, 0.2) is 24.3 Å². The van der Waals surface area contributed by atoms with E-state index in [0.717, 1.165) is 18.4 Å². The molecule has 5 nitrogen and oxygen atoms in total. The van der Waals surface area contributed by atoms with Gasteiger partial charge in [0.05, 0.1) is 0 Å². The van der Waals surface area contributed by atoms with Gasteiger partial charge in [0.2, 0.25) is 0 Å². The first-order valence-corrected chi connectivity index (χ1v) is 6.19. The van der Waals surface area contributed by atoms with Crippen molar-refractivity contribution in [2.75, 3.05) is 0 Å². The summed E-state index contributed by atoms with van der Waals surface area (Å²) in [5.41, 5.74) is 1.04. The maximum absolute atomic E-state index is 10.6. The molecule has 19 heavy (non-hydrogen) atoms. The van der Waals surface area contributed by atoms with Crippen molar-refractivity contribution in [3.05, 3.63) is 29.8 Å². The molecular formula is C14H18O5. The summed E-state index contributed by atoms with van der Waals surface area (Å²) in [6.07, 6.45) is 1.83. The van der Waals surface area contributed by atoms with E-state index in [1.54, 1.807) is 24.3 Å². The second kappa shape index (κ2) is 7.41. The largest absolute Gasteiger partial charge is 0.508 e. The normalized spacial score (nSPS) is 10.6. The van der Waals surface area contributed by atoms with Crippen LogP contribution in [0.4, 0.5) is 0 Å². The Labute approximate surface area is 111 Å². The van der Waals surface area contributed by atoms with Crippen LogP contribution < -0.4 is 0 Å². The molecule has 1 aromatic carbocycles. The number of aryl methyl sites for hydroxylation is 1. The number of phenols is 1. The van der Waals surface area contributed by atoms with Crippen molar-refractivity contribution in [3.8, 4) is 5.75 Å². The molecule has 0 heterocycles. The van der Waals surface area contributed by atoms with Crippen molar-refractivity contribution in [1.82, 2.24) is 0 Å². The van der Waals surface area contributed by atoms with Crippen molar-refractivity contribution in [2.24, 2.45) is 5.92 Å². The molecule has 0 spiro atoms. The van der Waals surface area contributed by atoms with Gasteiger partial charge < -0.3 is 15.3 Å². The van der Waals surface area contributed by atoms with E-state index in [1.807, 2.05) is 0 Å². The summed E-state index contributed by atoms with van der Waals surface area (Å²) in [4.78, 5) is 21.3. The predicted octanol–water partition coefficient (Wildman–Crippen LogP) is 2.28. The Bertz CT molecular complexity index is 408. The number of aliphatic carboxylic acids is 2. The minimum absolute atomic E-state index is 0.109. The summed E-state index contributed by atoms with van der Waals surface area (Å²) in [5.74, 6) is -2.04. The molecule has 0 aromatic heterocycles. The smallest absolute Gasteiger partial charge is 0.303 e. The average molecular weight is 266 g/mol. The van der Waals surface area contributed by atoms with Crippen LogP contribution in [-0.2, 0) is 16.0 Å². The lowest BCUT2D eigenvalue weighted by molar-refractivity contribution is -0.140. The van der Waals surface area contributed by atoms with Crippen LogP contribution in [0.25, 0.3) is 0 Å². The van der Waals surface area contributed by atoms with Gasteiger partial charge in [-0.2, -0.15) is 0 Å². The third kappa shape index (κ3) is 6.45. The van der Waals surface area contributed by atoms with Gasteiger partial charge in [-0.3, -0.25) is 9.59 Å². The minimum Gasteiger partial charge on any atom is -0.508 e. The van der Waals surface area contributed by atoms with Gasteiger partial charge in [0.15, 0.2) is 0 Å². The Morgan fingerprint density at radius 1 is 1.00 bits per heavy atom. The van der Waals surface area contributed by atoms with Crippen LogP contribution in [0, 0.1) is 5.92 Å². The Kier molecular flexibility index (Phi) is 5.85. The molecule has 0 fully saturated rings. The number of phenolic OH excluding ortho intramolecular Hbond substituents is 1. The molecule has 0 saturated carbocycles. The van der Waals surface area contributed by atoms with Crippen LogP contribution in [0.2, 0.25) is 0 Å². The molecular weight excluding hydrogens is 248 g/mol. The van der Waals surface area contributed by atoms with Crippen molar-refractivity contribution in [1.29, 1.82) is 0 Å². The summed E-state index contributed by atoms with van der Waals surface area (Å²) < 4.78 is 0. The van der Waals surface area contributed by atoms with E-state index >= 15 is 0 Å². The lowest BCUT2D eigenvalue weighted by Crippen LogP contribution is -2.13. The minimum atomic E-state index is -0.962. The molecule has 0 aliphatic heterocycles. The van der Waals surface area contributed by atoms with E-state index in [1.165, 1.54) is 0 Å². The Hall–Kier alpha value is -2.04. The SMILES string of the molecule is O=C(O)CC(CCCc1ccc(O)cc1)CC(=O)O. The molecule has 0 amide bonds. The van der Waals surface area contributed by atoms with Gasteiger partial charge in [-0.05, 0) is 42.9 Å². The molecule has 0 unspecified atom stereocenters. The van der Waals surface area contributed by atoms with Gasteiger partial charge in [0.25, 0.3) is 0 Å². The highest BCUT2D eigenvalue weighted by atomic mass is 16.4. The number of rotatable bonds is 8. The van der Waals surface area contributed by atoms with Crippen LogP contribution in [0.1, 0.15) is 31.2 Å². The van der Waals surface area contributed by atoms with Gasteiger partial charge >= 0.3 is 11.9 Å². The quantitative estimate of drug-likeness (QED) is 0.671. The van der Waals surface area contributed by atoms with Gasteiger partial charge in [-0.25, -0.2) is 0 Å². The highest BCUT2D eigenvalue weighted by Crippen LogP contribution is 2.19. The first-order chi connectivity index (χ1) is 8.97. The monoisotopic (exact) mass is 266 g/mol. The number of hydrogen-bond acceptors (Lipinski definition) is 3. The fourth-order valence-electron chi connectivity index (χ4n) is 2.03. The molecule has 0 saturated heterocycles. The molecule has 0 radical (unpaired) electrons. The topological polar surface area (TPSA) is 94.8 Å². The summed E-state index contributed by atoms with van der Waals surface area (Å²) in [6.45, 7) is 0. The molecule has 0 aliphatic rings. The third-order valence-electron chi connectivity index (χ3n) is 2.94. The average Bonchev–Trinajstić information content (AvgIpc) is 2.30. The summed E-state index contributed by atoms with van der Waals surface area (Å²) in [7, 11) is 0. The number of carboxylic acid groups (broad SMARTS) is 2. The van der Waals surface area contributed by atoms with Gasteiger partial charge in [-0.15, -0.1) is 0 Å². The van der Waals surface area contributed by atoms with Gasteiger partial charge in [0, 0.05) is 12.8 Å². The van der Waals surface area contributed by atoms with Gasteiger partial charge in [0.1, 0.15) is 5.75 Å². The Morgan fingerprint density at radius 2 is 1.53 bits per heavy atom. The zero-order valence-corrected chi connectivity index (χ0v) is 10.6. The van der Waals surface area contributed by atoms with Crippen molar-refractivity contribution < 1.29 is 24.9 Å². The molecule has 0 bridgehead atoms.